The van der Waals surface area contributed by atoms with E-state index >= 15 is 0 Å². The molecule has 0 aromatic heterocycles. The van der Waals surface area contributed by atoms with Crippen molar-refractivity contribution >= 4 is 0 Å². The molecule has 0 N–H and O–H groups in total. The van der Waals surface area contributed by atoms with Gasteiger partial charge in [0.2, 0.25) is 0 Å². The molecule has 3 rings (SSSR count). The second-order valence-electron chi connectivity index (χ2n) is 4.71. The molecule has 1 aliphatic carbocycles. The molecule has 4 atom stereocenters. The maximum atomic E-state index is 5.93. The Bertz CT molecular complexity index is 319. The Labute approximate surface area is 85.1 Å². The lowest BCUT2D eigenvalue weighted by Gasteiger charge is -2.26. The fourth-order valence-electron chi connectivity index (χ4n) is 2.73. The Hall–Kier alpha value is -0.820. The zero-order valence-corrected chi connectivity index (χ0v) is 8.52. The van der Waals surface area contributed by atoms with Gasteiger partial charge in [0.25, 0.3) is 0 Å². The lowest BCUT2D eigenvalue weighted by molar-refractivity contribution is -0.0209. The summed E-state index contributed by atoms with van der Waals surface area (Å²) < 4.78 is 5.93. The summed E-state index contributed by atoms with van der Waals surface area (Å²) in [6.07, 6.45) is 1.76. The quantitative estimate of drug-likeness (QED) is 0.658. The van der Waals surface area contributed by atoms with Crippen molar-refractivity contribution in [2.75, 3.05) is 6.61 Å². The van der Waals surface area contributed by atoms with Crippen LogP contribution in [0.3, 0.4) is 0 Å². The second-order valence-corrected chi connectivity index (χ2v) is 4.71. The van der Waals surface area contributed by atoms with Gasteiger partial charge in [-0.15, -0.1) is 0 Å². The standard InChI is InChI=1S/C13H16O/c1-9-8-14-13(12-7-11(9)12)10-5-3-2-4-6-10/h2-6,9,11-13H,7-8H2,1H3/t9-,11+,12+,13-/m0/s1. The van der Waals surface area contributed by atoms with Gasteiger partial charge >= 0.3 is 0 Å². The van der Waals surface area contributed by atoms with E-state index in [0.717, 1.165) is 24.4 Å². The summed E-state index contributed by atoms with van der Waals surface area (Å²) in [6, 6.07) is 10.7. The number of fused-ring (bicyclic) bond motifs is 1. The minimum absolute atomic E-state index is 0.386. The summed E-state index contributed by atoms with van der Waals surface area (Å²) in [5.41, 5.74) is 1.37. The van der Waals surface area contributed by atoms with Crippen molar-refractivity contribution in [2.45, 2.75) is 19.4 Å². The zero-order valence-electron chi connectivity index (χ0n) is 8.52. The minimum Gasteiger partial charge on any atom is -0.373 e. The number of hydrogen-bond acceptors (Lipinski definition) is 1. The molecule has 0 amide bonds. The van der Waals surface area contributed by atoms with E-state index in [-0.39, 0.29) is 0 Å². The van der Waals surface area contributed by atoms with Crippen molar-refractivity contribution < 1.29 is 4.74 Å². The van der Waals surface area contributed by atoms with Crippen LogP contribution in [0.15, 0.2) is 30.3 Å². The second kappa shape index (κ2) is 3.09. The molecule has 1 aromatic rings. The molecule has 1 heteroatoms. The van der Waals surface area contributed by atoms with E-state index in [9.17, 15) is 0 Å². The smallest absolute Gasteiger partial charge is 0.0856 e. The first kappa shape index (κ1) is 8.49. The van der Waals surface area contributed by atoms with Crippen LogP contribution in [0.4, 0.5) is 0 Å². The summed E-state index contributed by atoms with van der Waals surface area (Å²) in [5, 5.41) is 0. The molecule has 2 aliphatic rings. The van der Waals surface area contributed by atoms with E-state index in [1.165, 1.54) is 12.0 Å². The highest BCUT2D eigenvalue weighted by Gasteiger charge is 2.50. The molecule has 1 nitrogen and oxygen atoms in total. The first-order chi connectivity index (χ1) is 6.86. The van der Waals surface area contributed by atoms with Gasteiger partial charge in [-0.2, -0.15) is 0 Å². The van der Waals surface area contributed by atoms with E-state index in [1.54, 1.807) is 0 Å². The van der Waals surface area contributed by atoms with Crippen molar-refractivity contribution in [1.82, 2.24) is 0 Å². The molecule has 1 heterocycles. The predicted octanol–water partition coefficient (Wildman–Crippen LogP) is 3.03. The molecule has 1 aromatic carbocycles. The highest BCUT2D eigenvalue weighted by Crippen LogP contribution is 2.56. The van der Waals surface area contributed by atoms with Crippen molar-refractivity contribution in [3.8, 4) is 0 Å². The van der Waals surface area contributed by atoms with Gasteiger partial charge in [0.15, 0.2) is 0 Å². The summed E-state index contributed by atoms with van der Waals surface area (Å²) in [7, 11) is 0. The summed E-state index contributed by atoms with van der Waals surface area (Å²) in [6.45, 7) is 3.26. The average molecular weight is 188 g/mol. The third-order valence-corrected chi connectivity index (χ3v) is 3.68. The Morgan fingerprint density at radius 1 is 1.14 bits per heavy atom. The molecule has 74 valence electrons. The first-order valence-electron chi connectivity index (χ1n) is 5.53. The Morgan fingerprint density at radius 2 is 1.93 bits per heavy atom. The van der Waals surface area contributed by atoms with Gasteiger partial charge in [0, 0.05) is 0 Å². The van der Waals surface area contributed by atoms with E-state index < -0.39 is 0 Å². The highest BCUT2D eigenvalue weighted by atomic mass is 16.5. The van der Waals surface area contributed by atoms with E-state index in [4.69, 9.17) is 4.74 Å². The molecular formula is C13H16O. The predicted molar refractivity (Wildman–Crippen MR) is 55.9 cm³/mol. The van der Waals surface area contributed by atoms with E-state index in [2.05, 4.69) is 37.3 Å². The molecule has 2 fully saturated rings. The number of hydrogen-bond donors (Lipinski definition) is 0. The van der Waals surface area contributed by atoms with Gasteiger partial charge in [-0.25, -0.2) is 0 Å². The molecule has 0 radical (unpaired) electrons. The first-order valence-corrected chi connectivity index (χ1v) is 5.53. The highest BCUT2D eigenvalue weighted by molar-refractivity contribution is 5.21. The number of ether oxygens (including phenoxy) is 1. The molecule has 1 saturated heterocycles. The fraction of sp³-hybridized carbons (Fsp3) is 0.538. The molecule has 0 spiro atoms. The number of benzene rings is 1. The molecule has 1 aliphatic heterocycles. The third kappa shape index (κ3) is 1.27. The largest absolute Gasteiger partial charge is 0.373 e. The van der Waals surface area contributed by atoms with Crippen molar-refractivity contribution in [3.63, 3.8) is 0 Å². The van der Waals surface area contributed by atoms with Crippen LogP contribution in [0.2, 0.25) is 0 Å². The molecule has 0 bridgehead atoms. The summed E-state index contributed by atoms with van der Waals surface area (Å²) in [4.78, 5) is 0. The Balaban J connectivity index is 1.82. The maximum absolute atomic E-state index is 5.93. The van der Waals surface area contributed by atoms with Crippen LogP contribution < -0.4 is 0 Å². The Kier molecular flexibility index (Phi) is 1.88. The van der Waals surface area contributed by atoms with Crippen LogP contribution in [-0.4, -0.2) is 6.61 Å². The van der Waals surface area contributed by atoms with Crippen molar-refractivity contribution in [3.05, 3.63) is 35.9 Å². The van der Waals surface area contributed by atoms with Gasteiger partial charge < -0.3 is 4.74 Å². The topological polar surface area (TPSA) is 9.23 Å². The lowest BCUT2D eigenvalue weighted by Crippen LogP contribution is -2.21. The van der Waals surface area contributed by atoms with Crippen molar-refractivity contribution in [2.24, 2.45) is 17.8 Å². The average Bonchev–Trinajstić information content (AvgIpc) is 3.00. The molecular weight excluding hydrogens is 172 g/mol. The minimum atomic E-state index is 0.386. The maximum Gasteiger partial charge on any atom is 0.0856 e. The van der Waals surface area contributed by atoms with Crippen LogP contribution in [0.5, 0.6) is 0 Å². The monoisotopic (exact) mass is 188 g/mol. The molecule has 14 heavy (non-hydrogen) atoms. The van der Waals surface area contributed by atoms with Crippen LogP contribution in [-0.2, 0) is 4.74 Å². The SMILES string of the molecule is C[C@H]1CO[C@@H](c2ccccc2)[C@@H]2C[C@@H]21. The van der Waals surface area contributed by atoms with Crippen LogP contribution in [0, 0.1) is 17.8 Å². The summed E-state index contributed by atoms with van der Waals surface area (Å²) in [5.74, 6) is 2.52. The van der Waals surface area contributed by atoms with Crippen molar-refractivity contribution in [1.29, 1.82) is 0 Å². The third-order valence-electron chi connectivity index (χ3n) is 3.68. The van der Waals surface area contributed by atoms with Gasteiger partial charge in [0.05, 0.1) is 12.7 Å². The van der Waals surface area contributed by atoms with Crippen LogP contribution in [0.1, 0.15) is 25.0 Å². The lowest BCUT2D eigenvalue weighted by atomic mass is 9.96. The van der Waals surface area contributed by atoms with Gasteiger partial charge in [-0.1, -0.05) is 37.3 Å². The molecule has 1 saturated carbocycles. The number of rotatable bonds is 1. The van der Waals surface area contributed by atoms with E-state index in [1.807, 2.05) is 0 Å². The Morgan fingerprint density at radius 3 is 2.71 bits per heavy atom. The molecule has 0 unspecified atom stereocenters. The van der Waals surface area contributed by atoms with E-state index in [0.29, 0.717) is 6.10 Å². The zero-order chi connectivity index (χ0) is 9.54. The van der Waals surface area contributed by atoms with Crippen LogP contribution >= 0.6 is 0 Å². The fourth-order valence-corrected chi connectivity index (χ4v) is 2.73. The van der Waals surface area contributed by atoms with Gasteiger partial charge in [-0.05, 0) is 29.7 Å². The normalized spacial score (nSPS) is 40.4. The summed E-state index contributed by atoms with van der Waals surface area (Å²) >= 11 is 0. The van der Waals surface area contributed by atoms with Crippen LogP contribution in [0.25, 0.3) is 0 Å². The van der Waals surface area contributed by atoms with Gasteiger partial charge in [0.1, 0.15) is 0 Å². The van der Waals surface area contributed by atoms with Gasteiger partial charge in [-0.3, -0.25) is 0 Å².